The molecular weight excluding hydrogens is 256 g/mol. The summed E-state index contributed by atoms with van der Waals surface area (Å²) in [6, 6.07) is 4.94. The van der Waals surface area contributed by atoms with Gasteiger partial charge in [-0.25, -0.2) is 13.1 Å². The average molecular weight is 265 g/mol. The minimum atomic E-state index is -3.45. The molecule has 15 heavy (non-hydrogen) atoms. The lowest BCUT2D eigenvalue weighted by atomic mass is 10.3. The first-order valence-electron chi connectivity index (χ1n) is 4.18. The van der Waals surface area contributed by atoms with Crippen LogP contribution in [0.3, 0.4) is 0 Å². The average Bonchev–Trinajstić information content (AvgIpc) is 2.60. The number of nitrogens with zero attached hydrogens (tertiary/aromatic N) is 1. The maximum atomic E-state index is 11.6. The van der Waals surface area contributed by atoms with E-state index in [0.29, 0.717) is 17.2 Å². The third kappa shape index (κ3) is 3.80. The standard InChI is InChI=1S/C8H9ClN2O2S2/c9-7-3-4-8(14-7)15(12,13)11-6-2-1-5-10/h3-4,11H,1-2,6H2. The normalized spacial score (nSPS) is 11.2. The molecular formula is C8H9ClN2O2S2. The lowest BCUT2D eigenvalue weighted by molar-refractivity contribution is 0.581. The van der Waals surface area contributed by atoms with E-state index in [1.807, 2.05) is 6.07 Å². The molecule has 0 bridgehead atoms. The lowest BCUT2D eigenvalue weighted by Gasteiger charge is -2.01. The summed E-state index contributed by atoms with van der Waals surface area (Å²) in [6.45, 7) is 0.269. The molecule has 0 atom stereocenters. The van der Waals surface area contributed by atoms with Crippen molar-refractivity contribution in [2.45, 2.75) is 17.1 Å². The van der Waals surface area contributed by atoms with Crippen molar-refractivity contribution in [2.24, 2.45) is 0 Å². The Hall–Kier alpha value is -0.610. The van der Waals surface area contributed by atoms with Crippen LogP contribution < -0.4 is 4.72 Å². The van der Waals surface area contributed by atoms with Gasteiger partial charge < -0.3 is 0 Å². The summed E-state index contributed by atoms with van der Waals surface area (Å²) in [5.74, 6) is 0. The predicted octanol–water partition coefficient (Wildman–Crippen LogP) is 1.98. The van der Waals surface area contributed by atoms with Crippen molar-refractivity contribution >= 4 is 33.0 Å². The van der Waals surface area contributed by atoms with E-state index in [-0.39, 0.29) is 10.8 Å². The van der Waals surface area contributed by atoms with Crippen molar-refractivity contribution in [3.8, 4) is 6.07 Å². The van der Waals surface area contributed by atoms with Crippen LogP contribution in [0, 0.1) is 11.3 Å². The van der Waals surface area contributed by atoms with Crippen LogP contribution in [0.5, 0.6) is 0 Å². The van der Waals surface area contributed by atoms with Crippen LogP contribution in [0.25, 0.3) is 0 Å². The Morgan fingerprint density at radius 2 is 2.27 bits per heavy atom. The van der Waals surface area contributed by atoms with Crippen LogP contribution in [-0.4, -0.2) is 15.0 Å². The monoisotopic (exact) mass is 264 g/mol. The molecule has 0 saturated heterocycles. The van der Waals surface area contributed by atoms with Crippen molar-refractivity contribution in [2.75, 3.05) is 6.54 Å². The number of hydrogen-bond acceptors (Lipinski definition) is 4. The van der Waals surface area contributed by atoms with E-state index >= 15 is 0 Å². The molecule has 0 radical (unpaired) electrons. The fourth-order valence-electron chi connectivity index (χ4n) is 0.887. The fourth-order valence-corrected chi connectivity index (χ4v) is 3.49. The van der Waals surface area contributed by atoms with Crippen molar-refractivity contribution in [3.05, 3.63) is 16.5 Å². The number of rotatable bonds is 5. The van der Waals surface area contributed by atoms with Gasteiger partial charge in [-0.15, -0.1) is 11.3 Å². The number of hydrogen-bond donors (Lipinski definition) is 1. The van der Waals surface area contributed by atoms with Crippen LogP contribution in [0.4, 0.5) is 0 Å². The molecule has 7 heteroatoms. The molecule has 0 aliphatic rings. The summed E-state index contributed by atoms with van der Waals surface area (Å²) in [6.07, 6.45) is 0.850. The van der Waals surface area contributed by atoms with E-state index in [2.05, 4.69) is 4.72 Å². The molecule has 4 nitrogen and oxygen atoms in total. The largest absolute Gasteiger partial charge is 0.250 e. The first-order valence-corrected chi connectivity index (χ1v) is 6.86. The van der Waals surface area contributed by atoms with Crippen molar-refractivity contribution in [1.29, 1.82) is 5.26 Å². The molecule has 0 aliphatic carbocycles. The second-order valence-corrected chi connectivity index (χ2v) is 6.43. The first-order chi connectivity index (χ1) is 7.06. The highest BCUT2D eigenvalue weighted by molar-refractivity contribution is 7.91. The molecule has 0 saturated carbocycles. The number of nitrogens with one attached hydrogen (secondary N) is 1. The molecule has 0 amide bonds. The zero-order chi connectivity index (χ0) is 11.3. The van der Waals surface area contributed by atoms with Crippen molar-refractivity contribution < 1.29 is 8.42 Å². The SMILES string of the molecule is N#CCCCNS(=O)(=O)c1ccc(Cl)s1. The number of unbranched alkanes of at least 4 members (excludes halogenated alkanes) is 1. The quantitative estimate of drug-likeness (QED) is 0.827. The Balaban J connectivity index is 2.57. The van der Waals surface area contributed by atoms with Gasteiger partial charge in [0.2, 0.25) is 10.0 Å². The summed E-state index contributed by atoms with van der Waals surface area (Å²) in [5, 5.41) is 8.27. The van der Waals surface area contributed by atoms with Crippen LogP contribution in [0.15, 0.2) is 16.3 Å². The highest BCUT2D eigenvalue weighted by atomic mass is 35.5. The van der Waals surface area contributed by atoms with Gasteiger partial charge in [0.05, 0.1) is 10.4 Å². The van der Waals surface area contributed by atoms with Gasteiger partial charge in [-0.3, -0.25) is 0 Å². The van der Waals surface area contributed by atoms with Gasteiger partial charge in [-0.2, -0.15) is 5.26 Å². The van der Waals surface area contributed by atoms with Gasteiger partial charge >= 0.3 is 0 Å². The van der Waals surface area contributed by atoms with E-state index in [0.717, 1.165) is 11.3 Å². The highest BCUT2D eigenvalue weighted by Gasteiger charge is 2.15. The van der Waals surface area contributed by atoms with Gasteiger partial charge in [0.1, 0.15) is 4.21 Å². The van der Waals surface area contributed by atoms with E-state index in [9.17, 15) is 8.42 Å². The van der Waals surface area contributed by atoms with Crippen LogP contribution in [0.1, 0.15) is 12.8 Å². The summed E-state index contributed by atoms with van der Waals surface area (Å²) in [7, 11) is -3.45. The summed E-state index contributed by atoms with van der Waals surface area (Å²) in [5.41, 5.74) is 0. The number of thiophene rings is 1. The zero-order valence-corrected chi connectivity index (χ0v) is 10.1. The Kier molecular flexibility index (Phi) is 4.54. The van der Waals surface area contributed by atoms with E-state index < -0.39 is 10.0 Å². The minimum absolute atomic E-state index is 0.199. The smallest absolute Gasteiger partial charge is 0.210 e. The van der Waals surface area contributed by atoms with Gasteiger partial charge in [0.15, 0.2) is 0 Å². The van der Waals surface area contributed by atoms with Crippen LogP contribution >= 0.6 is 22.9 Å². The predicted molar refractivity (Wildman–Crippen MR) is 59.4 cm³/mol. The topological polar surface area (TPSA) is 70.0 Å². The second-order valence-electron chi connectivity index (χ2n) is 2.72. The molecule has 1 heterocycles. The molecule has 1 rings (SSSR count). The van der Waals surface area contributed by atoms with E-state index in [4.69, 9.17) is 16.9 Å². The third-order valence-electron chi connectivity index (χ3n) is 1.57. The summed E-state index contributed by atoms with van der Waals surface area (Å²) >= 11 is 6.64. The highest BCUT2D eigenvalue weighted by Crippen LogP contribution is 2.25. The zero-order valence-electron chi connectivity index (χ0n) is 7.73. The molecule has 1 aromatic rings. The van der Waals surface area contributed by atoms with Crippen molar-refractivity contribution in [1.82, 2.24) is 4.72 Å². The Morgan fingerprint density at radius 1 is 1.53 bits per heavy atom. The molecule has 0 unspecified atom stereocenters. The molecule has 0 aromatic carbocycles. The third-order valence-corrected chi connectivity index (χ3v) is 4.75. The Bertz CT molecular complexity index is 461. The molecule has 0 fully saturated rings. The summed E-state index contributed by atoms with van der Waals surface area (Å²) < 4.78 is 26.2. The minimum Gasteiger partial charge on any atom is -0.210 e. The van der Waals surface area contributed by atoms with Crippen molar-refractivity contribution in [3.63, 3.8) is 0 Å². The Labute approximate surface area is 97.5 Å². The molecule has 0 spiro atoms. The number of halogens is 1. The fraction of sp³-hybridized carbons (Fsp3) is 0.375. The number of nitriles is 1. The second kappa shape index (κ2) is 5.47. The molecule has 1 aromatic heterocycles. The van der Waals surface area contributed by atoms with E-state index in [1.54, 1.807) is 0 Å². The lowest BCUT2D eigenvalue weighted by Crippen LogP contribution is -2.23. The molecule has 82 valence electrons. The number of sulfonamides is 1. The Morgan fingerprint density at radius 3 is 2.80 bits per heavy atom. The van der Waals surface area contributed by atoms with Crippen LogP contribution in [-0.2, 0) is 10.0 Å². The summed E-state index contributed by atoms with van der Waals surface area (Å²) in [4.78, 5) is 0. The molecule has 0 aliphatic heterocycles. The van der Waals surface area contributed by atoms with Gasteiger partial charge in [-0.1, -0.05) is 11.6 Å². The van der Waals surface area contributed by atoms with Crippen LogP contribution in [0.2, 0.25) is 4.34 Å². The molecule has 1 N–H and O–H groups in total. The van der Waals surface area contributed by atoms with Gasteiger partial charge in [0.25, 0.3) is 0 Å². The van der Waals surface area contributed by atoms with Gasteiger partial charge in [0, 0.05) is 13.0 Å². The van der Waals surface area contributed by atoms with Gasteiger partial charge in [-0.05, 0) is 18.6 Å². The van der Waals surface area contributed by atoms with E-state index in [1.165, 1.54) is 12.1 Å². The maximum absolute atomic E-state index is 11.6. The first kappa shape index (κ1) is 12.5. The maximum Gasteiger partial charge on any atom is 0.250 e.